The first-order valence-electron chi connectivity index (χ1n) is 6.64. The minimum absolute atomic E-state index is 0.0112. The Bertz CT molecular complexity index is 504. The van der Waals surface area contributed by atoms with Crippen molar-refractivity contribution in [1.29, 1.82) is 0 Å². The second-order valence-corrected chi connectivity index (χ2v) is 5.87. The van der Waals surface area contributed by atoms with E-state index in [1.807, 2.05) is 27.7 Å². The Balaban J connectivity index is 2.36. The van der Waals surface area contributed by atoms with Crippen molar-refractivity contribution in [3.8, 4) is 11.5 Å². The quantitative estimate of drug-likeness (QED) is 0.801. The van der Waals surface area contributed by atoms with Gasteiger partial charge in [-0.3, -0.25) is 0 Å². The van der Waals surface area contributed by atoms with E-state index in [9.17, 15) is 8.78 Å². The highest BCUT2D eigenvalue weighted by Gasteiger charge is 2.52. The summed E-state index contributed by atoms with van der Waals surface area (Å²) in [5, 5.41) is 0. The number of hydrogen-bond donors (Lipinski definition) is 0. The molecule has 1 saturated heterocycles. The Hall–Kier alpha value is -1.34. The molecule has 0 aliphatic carbocycles. The summed E-state index contributed by atoms with van der Waals surface area (Å²) < 4.78 is 46.5. The number of halogens is 2. The summed E-state index contributed by atoms with van der Waals surface area (Å²) in [7, 11) is 0.685. The highest BCUT2D eigenvalue weighted by molar-refractivity contribution is 6.63. The van der Waals surface area contributed by atoms with Crippen LogP contribution in [0.2, 0.25) is 0 Å². The van der Waals surface area contributed by atoms with Crippen LogP contribution < -0.4 is 14.9 Å². The standard InChI is InChI=1S/C14H19BF2O4/c1-13(2)14(3,4)21-15(20-13)10-7-6-9(18-5)8-11(10)19-12(16)17/h6-8,12H,1-5H3. The lowest BCUT2D eigenvalue weighted by atomic mass is 9.78. The van der Waals surface area contributed by atoms with Crippen LogP contribution in [0, 0.1) is 0 Å². The Morgan fingerprint density at radius 2 is 1.67 bits per heavy atom. The first-order chi connectivity index (χ1) is 9.66. The van der Waals surface area contributed by atoms with Crippen molar-refractivity contribution in [1.82, 2.24) is 0 Å². The molecule has 4 nitrogen and oxygen atoms in total. The summed E-state index contributed by atoms with van der Waals surface area (Å²) in [6.07, 6.45) is 0. The molecule has 0 spiro atoms. The van der Waals surface area contributed by atoms with Crippen molar-refractivity contribution in [3.63, 3.8) is 0 Å². The third-order valence-electron chi connectivity index (χ3n) is 3.94. The molecule has 0 atom stereocenters. The minimum atomic E-state index is -2.93. The topological polar surface area (TPSA) is 36.9 Å². The van der Waals surface area contributed by atoms with E-state index >= 15 is 0 Å². The lowest BCUT2D eigenvalue weighted by Crippen LogP contribution is -2.41. The molecule has 0 amide bonds. The fraction of sp³-hybridized carbons (Fsp3) is 0.571. The largest absolute Gasteiger partial charge is 0.498 e. The van der Waals surface area contributed by atoms with Gasteiger partial charge in [0.05, 0.1) is 18.3 Å². The van der Waals surface area contributed by atoms with Crippen LogP contribution in [0.3, 0.4) is 0 Å². The van der Waals surface area contributed by atoms with E-state index in [1.54, 1.807) is 12.1 Å². The molecular formula is C14H19BF2O4. The molecule has 1 heterocycles. The van der Waals surface area contributed by atoms with Gasteiger partial charge in [-0.1, -0.05) is 6.07 Å². The fourth-order valence-corrected chi connectivity index (χ4v) is 2.00. The van der Waals surface area contributed by atoms with Crippen LogP contribution in [0.15, 0.2) is 18.2 Å². The van der Waals surface area contributed by atoms with Crippen LogP contribution in [0.25, 0.3) is 0 Å². The third-order valence-corrected chi connectivity index (χ3v) is 3.94. The van der Waals surface area contributed by atoms with E-state index in [-0.39, 0.29) is 5.75 Å². The summed E-state index contributed by atoms with van der Waals surface area (Å²) in [6.45, 7) is 4.64. The normalized spacial score (nSPS) is 19.9. The van der Waals surface area contributed by atoms with E-state index in [1.165, 1.54) is 13.2 Å². The molecular weight excluding hydrogens is 281 g/mol. The first kappa shape index (κ1) is 16.0. The van der Waals surface area contributed by atoms with Gasteiger partial charge >= 0.3 is 13.7 Å². The van der Waals surface area contributed by atoms with Crippen LogP contribution >= 0.6 is 0 Å². The van der Waals surface area contributed by atoms with Gasteiger partial charge in [0.15, 0.2) is 0 Å². The molecule has 0 unspecified atom stereocenters. The zero-order chi connectivity index (χ0) is 15.8. The van der Waals surface area contributed by atoms with Gasteiger partial charge in [0.1, 0.15) is 11.5 Å². The second kappa shape index (κ2) is 5.46. The molecule has 21 heavy (non-hydrogen) atoms. The van der Waals surface area contributed by atoms with Crippen molar-refractivity contribution in [3.05, 3.63) is 18.2 Å². The number of methoxy groups -OCH3 is 1. The van der Waals surface area contributed by atoms with Crippen LogP contribution in [-0.2, 0) is 9.31 Å². The van der Waals surface area contributed by atoms with E-state index < -0.39 is 24.9 Å². The second-order valence-electron chi connectivity index (χ2n) is 5.87. The summed E-state index contributed by atoms with van der Waals surface area (Å²) in [6, 6.07) is 4.66. The Morgan fingerprint density at radius 1 is 1.10 bits per heavy atom. The van der Waals surface area contributed by atoms with E-state index in [0.717, 1.165) is 0 Å². The lowest BCUT2D eigenvalue weighted by Gasteiger charge is -2.32. The summed E-state index contributed by atoms with van der Waals surface area (Å²) in [5.74, 6) is 0.411. The van der Waals surface area contributed by atoms with Crippen molar-refractivity contribution in [2.75, 3.05) is 7.11 Å². The van der Waals surface area contributed by atoms with Gasteiger partial charge in [-0.2, -0.15) is 8.78 Å². The summed E-state index contributed by atoms with van der Waals surface area (Å²) in [4.78, 5) is 0. The molecule has 1 aliphatic rings. The number of benzene rings is 1. The van der Waals surface area contributed by atoms with Crippen molar-refractivity contribution < 1.29 is 27.6 Å². The van der Waals surface area contributed by atoms with Crippen LogP contribution in [0.4, 0.5) is 8.78 Å². The average molecular weight is 300 g/mol. The monoisotopic (exact) mass is 300 g/mol. The average Bonchev–Trinajstić information content (AvgIpc) is 2.57. The maximum Gasteiger partial charge on any atom is 0.498 e. The molecule has 1 fully saturated rings. The minimum Gasteiger partial charge on any atom is -0.497 e. The lowest BCUT2D eigenvalue weighted by molar-refractivity contribution is -0.0493. The van der Waals surface area contributed by atoms with E-state index in [2.05, 4.69) is 4.74 Å². The molecule has 0 aromatic heterocycles. The highest BCUT2D eigenvalue weighted by Crippen LogP contribution is 2.37. The van der Waals surface area contributed by atoms with Crippen molar-refractivity contribution in [2.45, 2.75) is 45.5 Å². The molecule has 0 N–H and O–H groups in total. The molecule has 116 valence electrons. The van der Waals surface area contributed by atoms with Gasteiger partial charge in [-0.15, -0.1) is 0 Å². The van der Waals surface area contributed by atoms with Gasteiger partial charge in [0.2, 0.25) is 0 Å². The molecule has 1 aliphatic heterocycles. The molecule has 1 aromatic rings. The number of alkyl halides is 2. The Labute approximate surface area is 123 Å². The molecule has 0 bridgehead atoms. The zero-order valence-electron chi connectivity index (χ0n) is 12.8. The summed E-state index contributed by atoms with van der Waals surface area (Å²) >= 11 is 0. The van der Waals surface area contributed by atoms with Gasteiger partial charge in [0, 0.05) is 11.5 Å². The predicted molar refractivity (Wildman–Crippen MR) is 75.3 cm³/mol. The molecule has 7 heteroatoms. The Kier molecular flexibility index (Phi) is 4.17. The third kappa shape index (κ3) is 3.13. The maximum absolute atomic E-state index is 12.6. The Morgan fingerprint density at radius 3 is 2.14 bits per heavy atom. The van der Waals surface area contributed by atoms with Gasteiger partial charge in [-0.05, 0) is 33.8 Å². The first-order valence-corrected chi connectivity index (χ1v) is 6.64. The van der Waals surface area contributed by atoms with Gasteiger partial charge < -0.3 is 18.8 Å². The van der Waals surface area contributed by atoms with Crippen LogP contribution in [0.1, 0.15) is 27.7 Å². The maximum atomic E-state index is 12.6. The molecule has 0 saturated carbocycles. The van der Waals surface area contributed by atoms with E-state index in [4.69, 9.17) is 14.0 Å². The van der Waals surface area contributed by atoms with Crippen molar-refractivity contribution >= 4 is 12.6 Å². The summed E-state index contributed by atoms with van der Waals surface area (Å²) in [5.41, 5.74) is -0.700. The van der Waals surface area contributed by atoms with Crippen LogP contribution in [0.5, 0.6) is 11.5 Å². The predicted octanol–water partition coefficient (Wildman–Crippen LogP) is 2.60. The van der Waals surface area contributed by atoms with Crippen LogP contribution in [-0.4, -0.2) is 32.0 Å². The number of ether oxygens (including phenoxy) is 2. The zero-order valence-corrected chi connectivity index (χ0v) is 12.8. The highest BCUT2D eigenvalue weighted by atomic mass is 19.3. The fourth-order valence-electron chi connectivity index (χ4n) is 2.00. The molecule has 0 radical (unpaired) electrons. The number of rotatable bonds is 4. The SMILES string of the molecule is COc1ccc(B2OC(C)(C)C(C)(C)O2)c(OC(F)F)c1. The van der Waals surface area contributed by atoms with Gasteiger partial charge in [0.25, 0.3) is 0 Å². The number of hydrogen-bond acceptors (Lipinski definition) is 4. The van der Waals surface area contributed by atoms with Crippen molar-refractivity contribution in [2.24, 2.45) is 0 Å². The van der Waals surface area contributed by atoms with E-state index in [0.29, 0.717) is 11.2 Å². The molecule has 2 rings (SSSR count). The molecule has 1 aromatic carbocycles. The van der Waals surface area contributed by atoms with Gasteiger partial charge in [-0.25, -0.2) is 0 Å². The smallest absolute Gasteiger partial charge is 0.497 e.